The molecule has 0 unspecified atom stereocenters. The zero-order valence-corrected chi connectivity index (χ0v) is 11.5. The number of carbonyl (C=O) groups excluding carboxylic acids is 1. The Morgan fingerprint density at radius 1 is 1.09 bits per heavy atom. The van der Waals surface area contributed by atoms with Crippen molar-refractivity contribution in [2.24, 2.45) is 0 Å². The zero-order chi connectivity index (χ0) is 17.5. The van der Waals surface area contributed by atoms with Crippen LogP contribution >= 0.6 is 0 Å². The average molecular weight is 340 g/mol. The Balaban J connectivity index is 2.82. The summed E-state index contributed by atoms with van der Waals surface area (Å²) in [5.74, 6) is 0. The molecule has 1 amide bonds. The monoisotopic (exact) mass is 340 g/mol. The highest BCUT2D eigenvalue weighted by Crippen LogP contribution is 2.51. The van der Waals surface area contributed by atoms with Crippen LogP contribution in [0.2, 0.25) is 0 Å². The lowest BCUT2D eigenvalue weighted by Crippen LogP contribution is -2.64. The number of nitrogens with one attached hydrogen (secondary N) is 2. The number of alkyl carbamates (subject to hydrolysis) is 1. The van der Waals surface area contributed by atoms with Crippen LogP contribution in [0.15, 0.2) is 30.5 Å². The van der Waals surface area contributed by atoms with Gasteiger partial charge < -0.3 is 9.72 Å². The number of para-hydroxylation sites is 1. The minimum Gasteiger partial charge on any atom is -0.453 e. The quantitative estimate of drug-likeness (QED) is 0.816. The van der Waals surface area contributed by atoms with Gasteiger partial charge in [0.2, 0.25) is 0 Å². The van der Waals surface area contributed by atoms with Crippen molar-refractivity contribution in [1.82, 2.24) is 10.3 Å². The molecule has 2 aromatic rings. The Bertz CT molecular complexity index is 705. The topological polar surface area (TPSA) is 54.1 Å². The number of aromatic amines is 1. The Morgan fingerprint density at radius 3 is 2.17 bits per heavy atom. The second-order valence-electron chi connectivity index (χ2n) is 4.61. The summed E-state index contributed by atoms with van der Waals surface area (Å²) in [6, 6.07) is 5.13. The highest BCUT2D eigenvalue weighted by molar-refractivity contribution is 5.85. The summed E-state index contributed by atoms with van der Waals surface area (Å²) in [7, 11) is 0.669. The predicted octanol–water partition coefficient (Wildman–Crippen LogP) is 3.84. The van der Waals surface area contributed by atoms with E-state index in [1.807, 2.05) is 0 Å². The number of ether oxygens (including phenoxy) is 1. The summed E-state index contributed by atoms with van der Waals surface area (Å²) in [6.45, 7) is 0. The maximum absolute atomic E-state index is 13.5. The molecule has 0 atom stereocenters. The van der Waals surface area contributed by atoms with Crippen molar-refractivity contribution < 1.29 is 35.9 Å². The number of amides is 1. The number of fused-ring (bicyclic) bond motifs is 1. The summed E-state index contributed by atoms with van der Waals surface area (Å²) >= 11 is 0. The summed E-state index contributed by atoms with van der Waals surface area (Å²) in [4.78, 5) is 13.5. The Hall–Kier alpha value is -2.39. The number of hydrogen-bond acceptors (Lipinski definition) is 2. The summed E-state index contributed by atoms with van der Waals surface area (Å²) in [6.07, 6.45) is -13.0. The Kier molecular flexibility index (Phi) is 3.95. The highest BCUT2D eigenvalue weighted by Gasteiger charge is 2.73. The third-order valence-corrected chi connectivity index (χ3v) is 3.32. The van der Waals surface area contributed by atoms with E-state index in [0.717, 1.165) is 11.4 Å². The molecule has 0 fully saturated rings. The van der Waals surface area contributed by atoms with Gasteiger partial charge >= 0.3 is 18.4 Å². The van der Waals surface area contributed by atoms with Crippen LogP contribution < -0.4 is 5.32 Å². The molecule has 0 aliphatic rings. The number of rotatable bonds is 2. The fourth-order valence-corrected chi connectivity index (χ4v) is 2.26. The molecule has 2 rings (SSSR count). The van der Waals surface area contributed by atoms with Crippen molar-refractivity contribution in [3.63, 3.8) is 0 Å². The van der Waals surface area contributed by atoms with E-state index in [1.165, 1.54) is 18.2 Å². The standard InChI is InChI=1S/C13H10F6N2O2/c1-23-10(22)21-11(12(14,15)16,13(17,18)19)8-6-20-9-5-3-2-4-7(8)9/h2-6,20H,1H3,(H,21,22). The average Bonchev–Trinajstić information content (AvgIpc) is 2.85. The van der Waals surface area contributed by atoms with Crippen LogP contribution in [0.25, 0.3) is 10.9 Å². The van der Waals surface area contributed by atoms with Gasteiger partial charge in [0.15, 0.2) is 0 Å². The maximum atomic E-state index is 13.5. The summed E-state index contributed by atoms with van der Waals surface area (Å²) in [5, 5.41) is 0.603. The SMILES string of the molecule is COC(=O)NC(c1c[nH]c2ccccc12)(C(F)(F)F)C(F)(F)F. The van der Waals surface area contributed by atoms with Gasteiger partial charge in [0.25, 0.3) is 5.54 Å². The van der Waals surface area contributed by atoms with E-state index in [-0.39, 0.29) is 10.9 Å². The molecular formula is C13H10F6N2O2. The molecule has 0 radical (unpaired) electrons. The fraction of sp³-hybridized carbons (Fsp3) is 0.308. The van der Waals surface area contributed by atoms with E-state index >= 15 is 0 Å². The van der Waals surface area contributed by atoms with Gasteiger partial charge in [-0.25, -0.2) is 4.79 Å². The molecule has 0 aliphatic heterocycles. The van der Waals surface area contributed by atoms with Crippen LogP contribution in [0.4, 0.5) is 31.1 Å². The number of alkyl halides is 6. The van der Waals surface area contributed by atoms with Crippen molar-refractivity contribution in [2.45, 2.75) is 17.9 Å². The van der Waals surface area contributed by atoms with Crippen LogP contribution in [0.5, 0.6) is 0 Å². The molecule has 0 bridgehead atoms. The first-order valence-corrected chi connectivity index (χ1v) is 6.11. The second kappa shape index (κ2) is 5.36. The van der Waals surface area contributed by atoms with Crippen molar-refractivity contribution in [3.8, 4) is 0 Å². The van der Waals surface area contributed by atoms with Gasteiger partial charge in [-0.05, 0) is 6.07 Å². The number of carbonyl (C=O) groups is 1. The first-order chi connectivity index (χ1) is 10.5. The van der Waals surface area contributed by atoms with Crippen molar-refractivity contribution in [1.29, 1.82) is 0 Å². The van der Waals surface area contributed by atoms with Crippen LogP contribution in [-0.2, 0) is 10.3 Å². The largest absolute Gasteiger partial charge is 0.453 e. The Morgan fingerprint density at radius 2 is 1.65 bits per heavy atom. The van der Waals surface area contributed by atoms with Crippen LogP contribution in [-0.4, -0.2) is 30.5 Å². The number of H-pyrrole nitrogens is 1. The van der Waals surface area contributed by atoms with E-state index in [2.05, 4.69) is 9.72 Å². The first-order valence-electron chi connectivity index (χ1n) is 6.11. The van der Waals surface area contributed by atoms with Crippen LogP contribution in [0.3, 0.4) is 0 Å². The highest BCUT2D eigenvalue weighted by atomic mass is 19.4. The number of benzene rings is 1. The molecule has 10 heteroatoms. The molecule has 126 valence electrons. The third kappa shape index (κ3) is 2.57. The van der Waals surface area contributed by atoms with Crippen LogP contribution in [0, 0.1) is 0 Å². The van der Waals surface area contributed by atoms with Gasteiger partial charge in [-0.3, -0.25) is 5.32 Å². The fourth-order valence-electron chi connectivity index (χ4n) is 2.26. The molecule has 23 heavy (non-hydrogen) atoms. The van der Waals surface area contributed by atoms with E-state index in [1.54, 1.807) is 0 Å². The summed E-state index contributed by atoms with van der Waals surface area (Å²) < 4.78 is 84.7. The lowest BCUT2D eigenvalue weighted by molar-refractivity contribution is -0.310. The molecule has 0 saturated carbocycles. The van der Waals surface area contributed by atoms with Crippen molar-refractivity contribution in [3.05, 3.63) is 36.0 Å². The van der Waals surface area contributed by atoms with Gasteiger partial charge in [-0.15, -0.1) is 0 Å². The molecule has 1 aromatic carbocycles. The third-order valence-electron chi connectivity index (χ3n) is 3.32. The normalized spacial score (nSPS) is 13.2. The molecular weight excluding hydrogens is 330 g/mol. The van der Waals surface area contributed by atoms with Crippen molar-refractivity contribution >= 4 is 17.0 Å². The van der Waals surface area contributed by atoms with E-state index < -0.39 is 29.5 Å². The second-order valence-corrected chi connectivity index (χ2v) is 4.61. The van der Waals surface area contributed by atoms with E-state index in [9.17, 15) is 31.1 Å². The van der Waals surface area contributed by atoms with Gasteiger partial charge in [-0.2, -0.15) is 26.3 Å². The summed E-state index contributed by atoms with van der Waals surface area (Å²) in [5.41, 5.74) is -5.71. The molecule has 0 aliphatic carbocycles. The molecule has 1 heterocycles. The number of methoxy groups -OCH3 is 1. The number of halogens is 6. The zero-order valence-electron chi connectivity index (χ0n) is 11.5. The molecule has 2 N–H and O–H groups in total. The Labute approximate surface area is 125 Å². The van der Waals surface area contributed by atoms with Crippen LogP contribution in [0.1, 0.15) is 5.56 Å². The minimum absolute atomic E-state index is 0.0621. The first kappa shape index (κ1) is 17.0. The molecule has 0 spiro atoms. The van der Waals surface area contributed by atoms with Crippen molar-refractivity contribution in [2.75, 3.05) is 7.11 Å². The predicted molar refractivity (Wildman–Crippen MR) is 67.6 cm³/mol. The molecule has 0 saturated heterocycles. The minimum atomic E-state index is -5.86. The van der Waals surface area contributed by atoms with Gasteiger partial charge in [0, 0.05) is 22.7 Å². The lowest BCUT2D eigenvalue weighted by Gasteiger charge is -2.37. The molecule has 1 aromatic heterocycles. The maximum Gasteiger partial charge on any atom is 0.425 e. The van der Waals surface area contributed by atoms with E-state index in [4.69, 9.17) is 0 Å². The number of aromatic nitrogens is 1. The van der Waals surface area contributed by atoms with Gasteiger partial charge in [0.05, 0.1) is 7.11 Å². The van der Waals surface area contributed by atoms with Gasteiger partial charge in [0.1, 0.15) is 0 Å². The molecule has 4 nitrogen and oxygen atoms in total. The van der Waals surface area contributed by atoms with Gasteiger partial charge in [-0.1, -0.05) is 18.2 Å². The van der Waals surface area contributed by atoms with E-state index in [0.29, 0.717) is 13.3 Å². The smallest absolute Gasteiger partial charge is 0.425 e. The lowest BCUT2D eigenvalue weighted by atomic mass is 9.88. The number of hydrogen-bond donors (Lipinski definition) is 2.